The molecule has 5 nitrogen and oxygen atoms in total. The average Bonchev–Trinajstić information content (AvgIpc) is 3.06. The predicted octanol–water partition coefficient (Wildman–Crippen LogP) is 4.61. The fourth-order valence-corrected chi connectivity index (χ4v) is 3.39. The fraction of sp³-hybridized carbons (Fsp3) is 0.0800. The lowest BCUT2D eigenvalue weighted by Gasteiger charge is -2.07. The van der Waals surface area contributed by atoms with E-state index in [0.29, 0.717) is 12.1 Å². The highest BCUT2D eigenvalue weighted by atomic mass is 16.3. The van der Waals surface area contributed by atoms with Crippen LogP contribution in [0.1, 0.15) is 27.2 Å². The Hall–Kier alpha value is -3.99. The molecule has 30 heavy (non-hydrogen) atoms. The van der Waals surface area contributed by atoms with Gasteiger partial charge in [-0.25, -0.2) is 0 Å². The molecule has 150 valence electrons. The Bertz CT molecular complexity index is 1130. The Morgan fingerprint density at radius 2 is 1.37 bits per heavy atom. The molecule has 1 aromatic heterocycles. The lowest BCUT2D eigenvalue weighted by atomic mass is 10.0. The molecule has 0 saturated carbocycles. The van der Waals surface area contributed by atoms with Crippen LogP contribution in [0.4, 0.5) is 0 Å². The molecule has 5 heteroatoms. The predicted molar refractivity (Wildman–Crippen MR) is 116 cm³/mol. The van der Waals surface area contributed by atoms with Crippen LogP contribution in [0.15, 0.2) is 84.9 Å². The van der Waals surface area contributed by atoms with Crippen LogP contribution in [0.3, 0.4) is 0 Å². The number of aromatic hydroxyl groups is 2. The zero-order valence-corrected chi connectivity index (χ0v) is 16.3. The van der Waals surface area contributed by atoms with E-state index in [-0.39, 0.29) is 23.7 Å². The summed E-state index contributed by atoms with van der Waals surface area (Å²) in [5.41, 5.74) is 4.36. The standard InChI is InChI=1S/C25H22N2O3/c28-23-21(15-17-7-3-1-4-8-17)27-25(30)22(23)24(29)26-16-18-11-13-20(14-12-18)19-9-5-2-6-10-19/h1-14,27-28,30H,15-16H2,(H,26,29). The van der Waals surface area contributed by atoms with E-state index in [1.54, 1.807) is 0 Å². The van der Waals surface area contributed by atoms with Crippen LogP contribution in [0.5, 0.6) is 11.6 Å². The van der Waals surface area contributed by atoms with Crippen LogP contribution in [-0.4, -0.2) is 21.1 Å². The van der Waals surface area contributed by atoms with Crippen molar-refractivity contribution in [2.24, 2.45) is 0 Å². The summed E-state index contributed by atoms with van der Waals surface area (Å²) in [6, 6.07) is 27.5. The second-order valence-corrected chi connectivity index (χ2v) is 7.08. The first kappa shape index (κ1) is 19.3. The van der Waals surface area contributed by atoms with Gasteiger partial charge in [-0.15, -0.1) is 0 Å². The molecule has 0 bridgehead atoms. The van der Waals surface area contributed by atoms with Gasteiger partial charge >= 0.3 is 0 Å². The molecule has 0 aliphatic heterocycles. The monoisotopic (exact) mass is 398 g/mol. The fourth-order valence-electron chi connectivity index (χ4n) is 3.39. The normalized spacial score (nSPS) is 10.7. The highest BCUT2D eigenvalue weighted by molar-refractivity contribution is 5.99. The van der Waals surface area contributed by atoms with E-state index in [9.17, 15) is 15.0 Å². The minimum absolute atomic E-state index is 0.137. The number of hydrogen-bond donors (Lipinski definition) is 4. The summed E-state index contributed by atoms with van der Waals surface area (Å²) < 4.78 is 0. The summed E-state index contributed by atoms with van der Waals surface area (Å²) in [6.07, 6.45) is 0.383. The SMILES string of the molecule is O=C(NCc1ccc(-c2ccccc2)cc1)c1c(O)[nH]c(Cc2ccccc2)c1O. The molecule has 4 rings (SSSR count). The van der Waals surface area contributed by atoms with Crippen LogP contribution in [0.2, 0.25) is 0 Å². The van der Waals surface area contributed by atoms with Gasteiger partial charge in [0.25, 0.3) is 5.91 Å². The number of aromatic nitrogens is 1. The summed E-state index contributed by atoms with van der Waals surface area (Å²) in [5, 5.41) is 23.3. The summed E-state index contributed by atoms with van der Waals surface area (Å²) in [4.78, 5) is 15.3. The minimum Gasteiger partial charge on any atom is -0.505 e. The van der Waals surface area contributed by atoms with Crippen LogP contribution in [-0.2, 0) is 13.0 Å². The zero-order valence-electron chi connectivity index (χ0n) is 16.3. The van der Waals surface area contributed by atoms with Crippen molar-refractivity contribution in [1.82, 2.24) is 10.3 Å². The molecule has 0 spiro atoms. The van der Waals surface area contributed by atoms with Gasteiger partial charge in [0, 0.05) is 13.0 Å². The maximum atomic E-state index is 12.6. The molecular weight excluding hydrogens is 376 g/mol. The molecule has 0 radical (unpaired) electrons. The summed E-state index contributed by atoms with van der Waals surface area (Å²) in [7, 11) is 0. The molecule has 0 aliphatic carbocycles. The van der Waals surface area contributed by atoms with E-state index < -0.39 is 5.91 Å². The summed E-state index contributed by atoms with van der Waals surface area (Å²) >= 11 is 0. The minimum atomic E-state index is -0.535. The number of aromatic amines is 1. The maximum Gasteiger partial charge on any atom is 0.260 e. The Kier molecular flexibility index (Phi) is 5.52. The third-order valence-electron chi connectivity index (χ3n) is 4.99. The number of H-pyrrole nitrogens is 1. The van der Waals surface area contributed by atoms with Crippen molar-refractivity contribution in [1.29, 1.82) is 0 Å². The van der Waals surface area contributed by atoms with Crippen molar-refractivity contribution in [3.63, 3.8) is 0 Å². The Morgan fingerprint density at radius 1 is 0.767 bits per heavy atom. The van der Waals surface area contributed by atoms with Gasteiger partial charge in [0.15, 0.2) is 5.75 Å². The molecule has 0 atom stereocenters. The van der Waals surface area contributed by atoms with E-state index >= 15 is 0 Å². The van der Waals surface area contributed by atoms with E-state index in [0.717, 1.165) is 22.3 Å². The molecule has 4 N–H and O–H groups in total. The second-order valence-electron chi connectivity index (χ2n) is 7.08. The van der Waals surface area contributed by atoms with Crippen molar-refractivity contribution in [3.05, 3.63) is 107 Å². The van der Waals surface area contributed by atoms with Crippen molar-refractivity contribution >= 4 is 5.91 Å². The molecule has 0 saturated heterocycles. The van der Waals surface area contributed by atoms with Gasteiger partial charge < -0.3 is 20.5 Å². The van der Waals surface area contributed by atoms with Gasteiger partial charge in [-0.05, 0) is 22.3 Å². The Morgan fingerprint density at radius 3 is 2.03 bits per heavy atom. The third-order valence-corrected chi connectivity index (χ3v) is 4.99. The lowest BCUT2D eigenvalue weighted by Crippen LogP contribution is -2.22. The number of carbonyl (C=O) groups is 1. The first-order valence-electron chi connectivity index (χ1n) is 9.71. The number of benzene rings is 3. The van der Waals surface area contributed by atoms with E-state index in [1.165, 1.54) is 0 Å². The number of amides is 1. The number of nitrogens with one attached hydrogen (secondary N) is 2. The van der Waals surface area contributed by atoms with Gasteiger partial charge in [0.2, 0.25) is 5.88 Å². The molecule has 4 aromatic rings. The molecule has 0 fully saturated rings. The first-order chi connectivity index (χ1) is 14.6. The summed E-state index contributed by atoms with van der Waals surface area (Å²) in [5.74, 6) is -1.10. The smallest absolute Gasteiger partial charge is 0.260 e. The van der Waals surface area contributed by atoms with Crippen LogP contribution in [0.25, 0.3) is 11.1 Å². The van der Waals surface area contributed by atoms with E-state index in [2.05, 4.69) is 10.3 Å². The van der Waals surface area contributed by atoms with Crippen molar-refractivity contribution in [2.45, 2.75) is 13.0 Å². The van der Waals surface area contributed by atoms with Crippen LogP contribution in [0, 0.1) is 0 Å². The lowest BCUT2D eigenvalue weighted by molar-refractivity contribution is 0.0945. The largest absolute Gasteiger partial charge is 0.505 e. The van der Waals surface area contributed by atoms with Crippen molar-refractivity contribution < 1.29 is 15.0 Å². The van der Waals surface area contributed by atoms with Crippen LogP contribution >= 0.6 is 0 Å². The topological polar surface area (TPSA) is 85.4 Å². The molecule has 0 unspecified atom stereocenters. The van der Waals surface area contributed by atoms with Crippen LogP contribution < -0.4 is 5.32 Å². The average molecular weight is 398 g/mol. The Balaban J connectivity index is 1.43. The van der Waals surface area contributed by atoms with E-state index in [4.69, 9.17) is 0 Å². The van der Waals surface area contributed by atoms with Gasteiger partial charge in [0.1, 0.15) is 5.56 Å². The van der Waals surface area contributed by atoms with E-state index in [1.807, 2.05) is 84.9 Å². The van der Waals surface area contributed by atoms with Gasteiger partial charge in [-0.3, -0.25) is 4.79 Å². The third kappa shape index (κ3) is 4.20. The molecule has 0 aliphatic rings. The van der Waals surface area contributed by atoms with Crippen molar-refractivity contribution in [3.8, 4) is 22.8 Å². The van der Waals surface area contributed by atoms with Crippen molar-refractivity contribution in [2.75, 3.05) is 0 Å². The number of hydrogen-bond acceptors (Lipinski definition) is 3. The molecule has 1 heterocycles. The summed E-state index contributed by atoms with van der Waals surface area (Å²) in [6.45, 7) is 0.284. The maximum absolute atomic E-state index is 12.6. The molecule has 3 aromatic carbocycles. The quantitative estimate of drug-likeness (QED) is 0.382. The highest BCUT2D eigenvalue weighted by Gasteiger charge is 2.23. The van der Waals surface area contributed by atoms with Gasteiger partial charge in [-0.2, -0.15) is 0 Å². The zero-order chi connectivity index (χ0) is 20.9. The Labute approximate surface area is 174 Å². The second kappa shape index (κ2) is 8.57. The van der Waals surface area contributed by atoms with Gasteiger partial charge in [0.05, 0.1) is 5.69 Å². The molecular formula is C25H22N2O3. The number of rotatable bonds is 6. The highest BCUT2D eigenvalue weighted by Crippen LogP contribution is 2.32. The number of carbonyl (C=O) groups excluding carboxylic acids is 1. The van der Waals surface area contributed by atoms with Gasteiger partial charge in [-0.1, -0.05) is 84.9 Å². The molecule has 1 amide bonds. The first-order valence-corrected chi connectivity index (χ1v) is 9.71.